The van der Waals surface area contributed by atoms with Gasteiger partial charge in [0.15, 0.2) is 6.23 Å². The summed E-state index contributed by atoms with van der Waals surface area (Å²) in [7, 11) is -1.74. The standard InChI is InChI=1S/C29H35N3O4Si/c1-29(21-34-19-22-11-7-5-8-12-22)26(35-20-23-13-9-6-10-14-23)24(16-18-37(2,3)4)27(36-29)32-17-15-25(30)31-28(32)33/h5-15,17,24,26-27H,19-21H2,1-4H3,(H2,30,31,33)/t24-,26-,27+,29+/m0/s1. The first-order valence-electron chi connectivity index (χ1n) is 12.5. The van der Waals surface area contributed by atoms with Crippen molar-refractivity contribution in [2.45, 2.75) is 57.7 Å². The predicted octanol–water partition coefficient (Wildman–Crippen LogP) is 4.41. The van der Waals surface area contributed by atoms with Gasteiger partial charge in [0.25, 0.3) is 0 Å². The maximum Gasteiger partial charge on any atom is 0.351 e. The smallest absolute Gasteiger partial charge is 0.351 e. The first-order valence-corrected chi connectivity index (χ1v) is 16.0. The normalized spacial score (nSPS) is 23.4. The van der Waals surface area contributed by atoms with E-state index in [4.69, 9.17) is 19.9 Å². The summed E-state index contributed by atoms with van der Waals surface area (Å²) in [6, 6.07) is 21.6. The highest BCUT2D eigenvalue weighted by atomic mass is 28.3. The molecule has 0 radical (unpaired) electrons. The van der Waals surface area contributed by atoms with Crippen molar-refractivity contribution in [1.29, 1.82) is 0 Å². The monoisotopic (exact) mass is 517 g/mol. The lowest BCUT2D eigenvalue weighted by Crippen LogP contribution is -2.44. The van der Waals surface area contributed by atoms with Gasteiger partial charge in [0.1, 0.15) is 25.6 Å². The van der Waals surface area contributed by atoms with E-state index in [9.17, 15) is 4.79 Å². The molecular weight excluding hydrogens is 482 g/mol. The molecule has 1 aromatic heterocycles. The van der Waals surface area contributed by atoms with Crippen molar-refractivity contribution >= 4 is 13.9 Å². The summed E-state index contributed by atoms with van der Waals surface area (Å²) in [6.07, 6.45) is 0.459. The maximum absolute atomic E-state index is 12.9. The SMILES string of the molecule is C[C@]1(COCc2ccccc2)O[C@@H](n2ccc(N)nc2=O)[C@@H](C#C[Si](C)(C)C)[C@@H]1OCc1ccccc1. The Balaban J connectivity index is 1.68. The van der Waals surface area contributed by atoms with Crippen LogP contribution in [0.2, 0.25) is 19.6 Å². The van der Waals surface area contributed by atoms with Crippen LogP contribution in [0.5, 0.6) is 0 Å². The van der Waals surface area contributed by atoms with Gasteiger partial charge >= 0.3 is 5.69 Å². The number of nitrogen functional groups attached to an aromatic ring is 1. The van der Waals surface area contributed by atoms with Crippen molar-refractivity contribution in [1.82, 2.24) is 9.55 Å². The zero-order valence-corrected chi connectivity index (χ0v) is 22.9. The number of hydrogen-bond donors (Lipinski definition) is 1. The molecule has 0 saturated carbocycles. The van der Waals surface area contributed by atoms with E-state index < -0.39 is 37.6 Å². The van der Waals surface area contributed by atoms with Crippen LogP contribution in [0.1, 0.15) is 24.3 Å². The van der Waals surface area contributed by atoms with E-state index in [0.717, 1.165) is 11.1 Å². The molecule has 7 nitrogen and oxygen atoms in total. The fourth-order valence-electron chi connectivity index (χ4n) is 4.34. The molecule has 3 aromatic rings. The Kier molecular flexibility index (Phi) is 8.30. The van der Waals surface area contributed by atoms with Gasteiger partial charge in [-0.15, -0.1) is 5.54 Å². The van der Waals surface area contributed by atoms with Crippen LogP contribution in [0.4, 0.5) is 5.82 Å². The third-order valence-electron chi connectivity index (χ3n) is 6.14. The lowest BCUT2D eigenvalue weighted by molar-refractivity contribution is -0.146. The molecule has 1 saturated heterocycles. The summed E-state index contributed by atoms with van der Waals surface area (Å²) >= 11 is 0. The molecule has 4 rings (SSSR count). The van der Waals surface area contributed by atoms with Crippen LogP contribution >= 0.6 is 0 Å². The molecule has 0 amide bonds. The second-order valence-electron chi connectivity index (χ2n) is 10.6. The fraction of sp³-hybridized carbons (Fsp3) is 0.379. The Hall–Kier alpha value is -3.22. The van der Waals surface area contributed by atoms with E-state index in [2.05, 4.69) is 36.1 Å². The van der Waals surface area contributed by atoms with E-state index in [0.29, 0.717) is 13.2 Å². The van der Waals surface area contributed by atoms with Crippen LogP contribution in [-0.2, 0) is 27.4 Å². The highest BCUT2D eigenvalue weighted by Gasteiger charge is 2.54. The largest absolute Gasteiger partial charge is 0.383 e. The highest BCUT2D eigenvalue weighted by molar-refractivity contribution is 6.83. The average Bonchev–Trinajstić information content (AvgIpc) is 3.13. The van der Waals surface area contributed by atoms with E-state index in [1.807, 2.05) is 67.6 Å². The van der Waals surface area contributed by atoms with E-state index in [-0.39, 0.29) is 12.4 Å². The fourth-order valence-corrected chi connectivity index (χ4v) is 4.94. The molecule has 2 heterocycles. The Morgan fingerprint density at radius 3 is 2.24 bits per heavy atom. The topological polar surface area (TPSA) is 88.6 Å². The third-order valence-corrected chi connectivity index (χ3v) is 7.03. The quantitative estimate of drug-likeness (QED) is 0.352. The number of aromatic nitrogens is 2. The number of nitrogens with two attached hydrogens (primary N) is 1. The summed E-state index contributed by atoms with van der Waals surface area (Å²) in [6.45, 7) is 9.60. The molecule has 0 spiro atoms. The second kappa shape index (κ2) is 11.4. The van der Waals surface area contributed by atoms with Crippen LogP contribution < -0.4 is 11.4 Å². The van der Waals surface area contributed by atoms with Gasteiger partial charge in [-0.05, 0) is 24.1 Å². The molecule has 2 aromatic carbocycles. The molecule has 2 N–H and O–H groups in total. The molecule has 1 fully saturated rings. The summed E-state index contributed by atoms with van der Waals surface area (Å²) in [5, 5.41) is 0. The maximum atomic E-state index is 12.9. The van der Waals surface area contributed by atoms with Crippen LogP contribution in [0.15, 0.2) is 77.7 Å². The molecule has 194 valence electrons. The molecular formula is C29H35N3O4Si. The number of ether oxygens (including phenoxy) is 3. The van der Waals surface area contributed by atoms with Crippen molar-refractivity contribution in [3.63, 3.8) is 0 Å². The minimum Gasteiger partial charge on any atom is -0.383 e. The lowest BCUT2D eigenvalue weighted by Gasteiger charge is -2.31. The van der Waals surface area contributed by atoms with Crippen LogP contribution in [0.25, 0.3) is 0 Å². The van der Waals surface area contributed by atoms with Gasteiger partial charge in [0.2, 0.25) is 0 Å². The summed E-state index contributed by atoms with van der Waals surface area (Å²) < 4.78 is 20.8. The molecule has 1 aliphatic rings. The van der Waals surface area contributed by atoms with Crippen LogP contribution in [0, 0.1) is 17.4 Å². The first-order chi connectivity index (χ1) is 17.6. The van der Waals surface area contributed by atoms with E-state index in [1.54, 1.807) is 12.3 Å². The average molecular weight is 518 g/mol. The number of hydrogen-bond acceptors (Lipinski definition) is 6. The van der Waals surface area contributed by atoms with Crippen molar-refractivity contribution in [2.24, 2.45) is 5.92 Å². The molecule has 0 aliphatic carbocycles. The zero-order valence-electron chi connectivity index (χ0n) is 21.9. The minimum atomic E-state index is -1.74. The van der Waals surface area contributed by atoms with Gasteiger partial charge in [-0.25, -0.2) is 4.79 Å². The second-order valence-corrected chi connectivity index (χ2v) is 15.4. The van der Waals surface area contributed by atoms with E-state index >= 15 is 0 Å². The summed E-state index contributed by atoms with van der Waals surface area (Å²) in [5.41, 5.74) is 9.98. The Morgan fingerprint density at radius 1 is 1.03 bits per heavy atom. The predicted molar refractivity (Wildman–Crippen MR) is 147 cm³/mol. The first kappa shape index (κ1) is 26.8. The van der Waals surface area contributed by atoms with Crippen molar-refractivity contribution in [2.75, 3.05) is 12.3 Å². The number of benzene rings is 2. The van der Waals surface area contributed by atoms with Gasteiger partial charge in [-0.1, -0.05) is 86.2 Å². The highest BCUT2D eigenvalue weighted by Crippen LogP contribution is 2.43. The number of anilines is 1. The van der Waals surface area contributed by atoms with E-state index in [1.165, 1.54) is 4.57 Å². The Morgan fingerprint density at radius 2 is 1.65 bits per heavy atom. The van der Waals surface area contributed by atoms with Gasteiger partial charge in [0, 0.05) is 6.20 Å². The Bertz CT molecular complexity index is 1300. The van der Waals surface area contributed by atoms with Crippen LogP contribution in [-0.4, -0.2) is 35.9 Å². The van der Waals surface area contributed by atoms with Gasteiger partial charge in [-0.3, -0.25) is 4.57 Å². The molecule has 0 unspecified atom stereocenters. The molecule has 4 atom stereocenters. The van der Waals surface area contributed by atoms with Crippen molar-refractivity contribution in [3.05, 3.63) is 94.5 Å². The third kappa shape index (κ3) is 6.96. The van der Waals surface area contributed by atoms with Gasteiger partial charge < -0.3 is 19.9 Å². The molecule has 1 aliphatic heterocycles. The van der Waals surface area contributed by atoms with Crippen molar-refractivity contribution < 1.29 is 14.2 Å². The van der Waals surface area contributed by atoms with Gasteiger partial charge in [-0.2, -0.15) is 4.98 Å². The summed E-state index contributed by atoms with van der Waals surface area (Å²) in [5.74, 6) is 3.20. The zero-order chi connectivity index (χ0) is 26.5. The molecule has 0 bridgehead atoms. The van der Waals surface area contributed by atoms with Crippen LogP contribution in [0.3, 0.4) is 0 Å². The van der Waals surface area contributed by atoms with Crippen molar-refractivity contribution in [3.8, 4) is 11.5 Å². The Labute approximate surface area is 219 Å². The van der Waals surface area contributed by atoms with Gasteiger partial charge in [0.05, 0.1) is 25.7 Å². The molecule has 37 heavy (non-hydrogen) atoms. The molecule has 8 heteroatoms. The lowest BCUT2D eigenvalue weighted by atomic mass is 9.91. The number of nitrogens with zero attached hydrogens (tertiary/aromatic N) is 2. The minimum absolute atomic E-state index is 0.162. The number of rotatable bonds is 8. The summed E-state index contributed by atoms with van der Waals surface area (Å²) in [4.78, 5) is 16.8.